The molecule has 0 radical (unpaired) electrons. The average molecular weight is 358 g/mol. The zero-order chi connectivity index (χ0) is 18.8. The van der Waals surface area contributed by atoms with Gasteiger partial charge in [-0.3, -0.25) is 4.79 Å². The third-order valence-corrected chi connectivity index (χ3v) is 5.35. The molecule has 0 aromatic carbocycles. The number of likely N-dealkylation sites (N-methyl/N-ethyl adjacent to an activating group) is 1. The quantitative estimate of drug-likeness (QED) is 0.773. The Hall–Kier alpha value is -1.95. The summed E-state index contributed by atoms with van der Waals surface area (Å²) < 4.78 is 0. The highest BCUT2D eigenvalue weighted by molar-refractivity contribution is 5.88. The van der Waals surface area contributed by atoms with Crippen LogP contribution >= 0.6 is 0 Å². The fourth-order valence-electron chi connectivity index (χ4n) is 3.88. The van der Waals surface area contributed by atoms with Crippen molar-refractivity contribution in [1.82, 2.24) is 19.8 Å². The first-order valence-electron chi connectivity index (χ1n) is 9.56. The second kappa shape index (κ2) is 7.74. The van der Waals surface area contributed by atoms with Crippen LogP contribution in [0, 0.1) is 6.92 Å². The Morgan fingerprint density at radius 3 is 2.54 bits per heavy atom. The first-order chi connectivity index (χ1) is 12.3. The number of aryl methyl sites for hydroxylation is 1. The van der Waals surface area contributed by atoms with Crippen LogP contribution in [0.15, 0.2) is 11.6 Å². The van der Waals surface area contributed by atoms with Crippen LogP contribution in [0.5, 0.6) is 0 Å². The molecule has 1 amide bonds. The first kappa shape index (κ1) is 18.8. The highest BCUT2D eigenvalue weighted by atomic mass is 16.2. The molecule has 0 saturated carbocycles. The van der Waals surface area contributed by atoms with E-state index in [0.717, 1.165) is 68.4 Å². The van der Waals surface area contributed by atoms with E-state index in [1.807, 2.05) is 25.7 Å². The topological polar surface area (TPSA) is 52.6 Å². The van der Waals surface area contributed by atoms with Crippen LogP contribution in [-0.4, -0.2) is 72.0 Å². The van der Waals surface area contributed by atoms with Gasteiger partial charge >= 0.3 is 0 Å². The van der Waals surface area contributed by atoms with Crippen molar-refractivity contribution in [2.24, 2.45) is 0 Å². The van der Waals surface area contributed by atoms with Gasteiger partial charge in [-0.25, -0.2) is 9.97 Å². The Morgan fingerprint density at radius 1 is 1.15 bits per heavy atom. The predicted octanol–water partition coefficient (Wildman–Crippen LogP) is 1.82. The minimum absolute atomic E-state index is 0.109. The van der Waals surface area contributed by atoms with Gasteiger partial charge in [-0.15, -0.1) is 0 Å². The van der Waals surface area contributed by atoms with Gasteiger partial charge in [0.25, 0.3) is 0 Å². The fourth-order valence-corrected chi connectivity index (χ4v) is 3.88. The third-order valence-electron chi connectivity index (χ3n) is 5.35. The van der Waals surface area contributed by atoms with Crippen molar-refractivity contribution in [1.29, 1.82) is 0 Å². The molecule has 6 nitrogen and oxygen atoms in total. The Labute approximate surface area is 156 Å². The van der Waals surface area contributed by atoms with Gasteiger partial charge in [0, 0.05) is 50.3 Å². The number of nitrogens with zero attached hydrogens (tertiary/aromatic N) is 5. The summed E-state index contributed by atoms with van der Waals surface area (Å²) in [6.45, 7) is 9.41. The number of aromatic nitrogens is 2. The number of carbonyl (C=O) groups excluding carboxylic acids is 1. The van der Waals surface area contributed by atoms with Crippen molar-refractivity contribution in [2.45, 2.75) is 46.1 Å². The summed E-state index contributed by atoms with van der Waals surface area (Å²) in [5.74, 6) is 2.03. The van der Waals surface area contributed by atoms with E-state index in [4.69, 9.17) is 9.97 Å². The monoisotopic (exact) mass is 357 g/mol. The van der Waals surface area contributed by atoms with Crippen LogP contribution in [0.1, 0.15) is 37.4 Å². The lowest BCUT2D eigenvalue weighted by Gasteiger charge is -2.24. The zero-order valence-electron chi connectivity index (χ0n) is 16.7. The van der Waals surface area contributed by atoms with Crippen molar-refractivity contribution < 1.29 is 4.79 Å². The molecule has 3 rings (SSSR count). The number of hydrogen-bond acceptors (Lipinski definition) is 5. The number of hydrogen-bond donors (Lipinski definition) is 0. The van der Waals surface area contributed by atoms with E-state index in [1.54, 1.807) is 6.08 Å². The number of fused-ring (bicyclic) bond motifs is 1. The SMILES string of the molecule is CC(C)=CC(=O)N1CCc2nc(C)nc(N3CCC(N(C)C)C3)c2CC1. The van der Waals surface area contributed by atoms with Crippen LogP contribution in [-0.2, 0) is 17.6 Å². The van der Waals surface area contributed by atoms with E-state index in [1.165, 1.54) is 5.56 Å². The molecule has 1 aromatic heterocycles. The van der Waals surface area contributed by atoms with Gasteiger partial charge in [0.2, 0.25) is 5.91 Å². The van der Waals surface area contributed by atoms with Gasteiger partial charge in [0.1, 0.15) is 11.6 Å². The summed E-state index contributed by atoms with van der Waals surface area (Å²) >= 11 is 0. The Morgan fingerprint density at radius 2 is 1.88 bits per heavy atom. The number of rotatable bonds is 3. The molecule has 1 aromatic rings. The number of amides is 1. The molecule has 1 atom stereocenters. The summed E-state index contributed by atoms with van der Waals surface area (Å²) in [6, 6.07) is 0.572. The largest absolute Gasteiger partial charge is 0.355 e. The molecule has 0 bridgehead atoms. The van der Waals surface area contributed by atoms with Crippen LogP contribution in [0.25, 0.3) is 0 Å². The molecule has 142 valence electrons. The minimum Gasteiger partial charge on any atom is -0.355 e. The number of allylic oxidation sites excluding steroid dienone is 1. The smallest absolute Gasteiger partial charge is 0.246 e. The van der Waals surface area contributed by atoms with E-state index in [9.17, 15) is 4.79 Å². The van der Waals surface area contributed by atoms with Gasteiger partial charge in [0.05, 0.1) is 5.69 Å². The highest BCUT2D eigenvalue weighted by Gasteiger charge is 2.29. The van der Waals surface area contributed by atoms with Crippen molar-refractivity contribution in [3.05, 3.63) is 28.7 Å². The van der Waals surface area contributed by atoms with Gasteiger partial charge in [0.15, 0.2) is 0 Å². The Balaban J connectivity index is 1.83. The minimum atomic E-state index is 0.109. The maximum atomic E-state index is 12.4. The number of carbonyl (C=O) groups is 1. The summed E-state index contributed by atoms with van der Waals surface area (Å²) in [5, 5.41) is 0. The van der Waals surface area contributed by atoms with Crippen LogP contribution < -0.4 is 4.90 Å². The van der Waals surface area contributed by atoms with Crippen molar-refractivity contribution in [3.63, 3.8) is 0 Å². The van der Waals surface area contributed by atoms with Gasteiger partial charge in [-0.05, 0) is 47.7 Å². The Bertz CT molecular complexity index is 708. The summed E-state index contributed by atoms with van der Waals surface area (Å²) in [4.78, 5) is 28.6. The molecule has 1 unspecified atom stereocenters. The zero-order valence-corrected chi connectivity index (χ0v) is 16.7. The molecule has 1 saturated heterocycles. The number of anilines is 1. The molecule has 1 fully saturated rings. The maximum absolute atomic E-state index is 12.4. The molecular weight excluding hydrogens is 326 g/mol. The molecule has 26 heavy (non-hydrogen) atoms. The van der Waals surface area contributed by atoms with Crippen LogP contribution in [0.4, 0.5) is 5.82 Å². The molecule has 0 aliphatic carbocycles. The van der Waals surface area contributed by atoms with Crippen LogP contribution in [0.2, 0.25) is 0 Å². The molecule has 0 N–H and O–H groups in total. The predicted molar refractivity (Wildman–Crippen MR) is 104 cm³/mol. The van der Waals surface area contributed by atoms with E-state index >= 15 is 0 Å². The molecular formula is C20H31N5O. The van der Waals surface area contributed by atoms with Gasteiger partial charge < -0.3 is 14.7 Å². The maximum Gasteiger partial charge on any atom is 0.246 e. The molecule has 2 aliphatic heterocycles. The highest BCUT2D eigenvalue weighted by Crippen LogP contribution is 2.28. The summed E-state index contributed by atoms with van der Waals surface area (Å²) in [7, 11) is 4.29. The standard InChI is InChI=1S/C20H31N5O/c1-14(2)12-19(26)24-10-7-17-18(8-11-24)21-15(3)22-20(17)25-9-6-16(13-25)23(4)5/h12,16H,6-11,13H2,1-5H3. The average Bonchev–Trinajstić information content (AvgIpc) is 2.95. The fraction of sp³-hybridized carbons (Fsp3) is 0.650. The van der Waals surface area contributed by atoms with Gasteiger partial charge in [-0.1, -0.05) is 5.57 Å². The molecule has 0 spiro atoms. The lowest BCUT2D eigenvalue weighted by molar-refractivity contribution is -0.125. The summed E-state index contributed by atoms with van der Waals surface area (Å²) in [6.07, 6.45) is 4.53. The van der Waals surface area contributed by atoms with Crippen molar-refractivity contribution >= 4 is 11.7 Å². The van der Waals surface area contributed by atoms with Gasteiger partial charge in [-0.2, -0.15) is 0 Å². The molecule has 6 heteroatoms. The second-order valence-corrected chi connectivity index (χ2v) is 7.92. The van der Waals surface area contributed by atoms with Crippen molar-refractivity contribution in [2.75, 3.05) is 45.2 Å². The molecule has 3 heterocycles. The van der Waals surface area contributed by atoms with E-state index in [-0.39, 0.29) is 5.91 Å². The Kier molecular flexibility index (Phi) is 5.61. The van der Waals surface area contributed by atoms with E-state index in [2.05, 4.69) is 23.9 Å². The normalized spacial score (nSPS) is 20.2. The lowest BCUT2D eigenvalue weighted by atomic mass is 10.1. The first-order valence-corrected chi connectivity index (χ1v) is 9.56. The molecule has 2 aliphatic rings. The van der Waals surface area contributed by atoms with Crippen molar-refractivity contribution in [3.8, 4) is 0 Å². The lowest BCUT2D eigenvalue weighted by Crippen LogP contribution is -2.33. The van der Waals surface area contributed by atoms with E-state index in [0.29, 0.717) is 6.04 Å². The van der Waals surface area contributed by atoms with Crippen LogP contribution in [0.3, 0.4) is 0 Å². The van der Waals surface area contributed by atoms with E-state index < -0.39 is 0 Å². The summed E-state index contributed by atoms with van der Waals surface area (Å²) in [5.41, 5.74) is 3.40. The third kappa shape index (κ3) is 4.06. The second-order valence-electron chi connectivity index (χ2n) is 7.92.